The van der Waals surface area contributed by atoms with Gasteiger partial charge in [-0.15, -0.1) is 36.2 Å². The number of amides is 1. The average molecular weight is 351 g/mol. The average Bonchev–Trinajstić information content (AvgIpc) is 2.96. The van der Waals surface area contributed by atoms with Crippen molar-refractivity contribution in [1.29, 1.82) is 0 Å². The summed E-state index contributed by atoms with van der Waals surface area (Å²) < 4.78 is 0. The Kier molecular flexibility index (Phi) is 8.58. The molecule has 0 spiro atoms. The number of nitrogens with zero attached hydrogens (tertiary/aromatic N) is 1. The number of H-pyrrole nitrogens is 1. The van der Waals surface area contributed by atoms with E-state index in [1.54, 1.807) is 17.5 Å². The minimum Gasteiger partial charge on any atom is -0.357 e. The van der Waals surface area contributed by atoms with Crippen molar-refractivity contribution < 1.29 is 4.79 Å². The molecular formula is C13H20Cl2N4OS. The van der Waals surface area contributed by atoms with Crippen LogP contribution >= 0.6 is 36.2 Å². The van der Waals surface area contributed by atoms with Crippen molar-refractivity contribution in [2.24, 2.45) is 5.73 Å². The smallest absolute Gasteiger partial charge is 0.267 e. The highest BCUT2D eigenvalue weighted by molar-refractivity contribution is 7.09. The second kappa shape index (κ2) is 9.04. The fourth-order valence-corrected chi connectivity index (χ4v) is 2.30. The van der Waals surface area contributed by atoms with Crippen molar-refractivity contribution in [3.05, 3.63) is 28.3 Å². The molecule has 0 bridgehead atoms. The number of aromatic nitrogens is 2. The number of hydrogen-bond acceptors (Lipinski definition) is 4. The molecule has 2 rings (SSSR count). The molecule has 118 valence electrons. The highest BCUT2D eigenvalue weighted by atomic mass is 35.5. The maximum absolute atomic E-state index is 11.9. The molecule has 8 heteroatoms. The molecule has 2 aromatic rings. The van der Waals surface area contributed by atoms with Crippen molar-refractivity contribution >= 4 is 42.1 Å². The molecular weight excluding hydrogens is 331 g/mol. The van der Waals surface area contributed by atoms with Gasteiger partial charge in [-0.05, 0) is 26.3 Å². The predicted molar refractivity (Wildman–Crippen MR) is 91.7 cm³/mol. The number of aryl methyl sites for hydroxylation is 1. The van der Waals surface area contributed by atoms with E-state index in [0.717, 1.165) is 22.7 Å². The Labute approximate surface area is 140 Å². The molecule has 1 amide bonds. The van der Waals surface area contributed by atoms with Gasteiger partial charge in [0.25, 0.3) is 5.91 Å². The molecule has 0 radical (unpaired) electrons. The minimum atomic E-state index is -0.112. The molecule has 0 aliphatic carbocycles. The van der Waals surface area contributed by atoms with Crippen molar-refractivity contribution in [1.82, 2.24) is 15.3 Å². The largest absolute Gasteiger partial charge is 0.357 e. The Morgan fingerprint density at radius 1 is 1.52 bits per heavy atom. The van der Waals surface area contributed by atoms with Gasteiger partial charge in [0.15, 0.2) is 0 Å². The van der Waals surface area contributed by atoms with Gasteiger partial charge in [0, 0.05) is 29.7 Å². The fraction of sp³-hybridized carbons (Fsp3) is 0.385. The summed E-state index contributed by atoms with van der Waals surface area (Å²) in [4.78, 5) is 19.2. The molecule has 0 aliphatic heterocycles. The molecule has 0 fully saturated rings. The number of thiazole rings is 1. The lowest BCUT2D eigenvalue weighted by atomic mass is 10.2. The summed E-state index contributed by atoms with van der Waals surface area (Å²) >= 11 is 1.59. The maximum atomic E-state index is 11.9. The number of hydrogen-bond donors (Lipinski definition) is 3. The van der Waals surface area contributed by atoms with Gasteiger partial charge in [-0.3, -0.25) is 4.79 Å². The molecule has 0 aromatic carbocycles. The molecule has 2 heterocycles. The Morgan fingerprint density at radius 3 is 2.81 bits per heavy atom. The van der Waals surface area contributed by atoms with Crippen LogP contribution in [0.3, 0.4) is 0 Å². The first-order chi connectivity index (χ1) is 9.06. The maximum Gasteiger partial charge on any atom is 0.267 e. The van der Waals surface area contributed by atoms with Crippen molar-refractivity contribution in [2.75, 3.05) is 6.54 Å². The van der Waals surface area contributed by atoms with Gasteiger partial charge >= 0.3 is 0 Å². The normalized spacial score (nSPS) is 11.2. The number of nitrogens with one attached hydrogen (secondary N) is 2. The van der Waals surface area contributed by atoms with Gasteiger partial charge in [0.2, 0.25) is 0 Å². The Morgan fingerprint density at radius 2 is 2.24 bits per heavy atom. The van der Waals surface area contributed by atoms with Gasteiger partial charge in [-0.25, -0.2) is 4.98 Å². The van der Waals surface area contributed by atoms with Gasteiger partial charge in [0.1, 0.15) is 5.69 Å². The van der Waals surface area contributed by atoms with Crippen LogP contribution in [0.1, 0.15) is 28.8 Å². The van der Waals surface area contributed by atoms with E-state index >= 15 is 0 Å². The van der Waals surface area contributed by atoms with E-state index in [-0.39, 0.29) is 36.8 Å². The van der Waals surface area contributed by atoms with Gasteiger partial charge < -0.3 is 16.0 Å². The fourth-order valence-electron chi connectivity index (χ4n) is 1.68. The van der Waals surface area contributed by atoms with Gasteiger partial charge in [0.05, 0.1) is 10.7 Å². The Bertz CT molecular complexity index is 568. The van der Waals surface area contributed by atoms with E-state index in [1.165, 1.54) is 0 Å². The van der Waals surface area contributed by atoms with Crippen LogP contribution in [-0.2, 0) is 0 Å². The third kappa shape index (κ3) is 5.67. The first-order valence-electron chi connectivity index (χ1n) is 6.21. The molecule has 0 aliphatic rings. The van der Waals surface area contributed by atoms with E-state index in [4.69, 9.17) is 5.73 Å². The lowest BCUT2D eigenvalue weighted by Gasteiger charge is -2.05. The number of halogens is 2. The zero-order chi connectivity index (χ0) is 13.8. The second-order valence-electron chi connectivity index (χ2n) is 4.58. The second-order valence-corrected chi connectivity index (χ2v) is 5.64. The van der Waals surface area contributed by atoms with Crippen LogP contribution in [0.15, 0.2) is 17.6 Å². The molecule has 0 saturated carbocycles. The summed E-state index contributed by atoms with van der Waals surface area (Å²) in [6.07, 6.45) is 2.57. The van der Waals surface area contributed by atoms with Crippen molar-refractivity contribution in [2.45, 2.75) is 26.3 Å². The molecule has 5 nitrogen and oxygen atoms in total. The van der Waals surface area contributed by atoms with Gasteiger partial charge in [-0.1, -0.05) is 0 Å². The van der Waals surface area contributed by atoms with Gasteiger partial charge in [-0.2, -0.15) is 0 Å². The summed E-state index contributed by atoms with van der Waals surface area (Å²) in [5, 5.41) is 5.83. The third-order valence-electron chi connectivity index (χ3n) is 2.73. The van der Waals surface area contributed by atoms with Crippen LogP contribution in [0.2, 0.25) is 0 Å². The van der Waals surface area contributed by atoms with Crippen LogP contribution in [0.25, 0.3) is 11.3 Å². The molecule has 2 aromatic heterocycles. The summed E-state index contributed by atoms with van der Waals surface area (Å²) in [6.45, 7) is 4.46. The highest BCUT2D eigenvalue weighted by Crippen LogP contribution is 2.22. The number of nitrogens with two attached hydrogens (primary N) is 1. The first-order valence-corrected chi connectivity index (χ1v) is 7.09. The quantitative estimate of drug-likeness (QED) is 0.774. The summed E-state index contributed by atoms with van der Waals surface area (Å²) in [6, 6.07) is 1.91. The molecule has 1 unspecified atom stereocenters. The molecule has 4 N–H and O–H groups in total. The van der Waals surface area contributed by atoms with Crippen LogP contribution in [-0.4, -0.2) is 28.5 Å². The van der Waals surface area contributed by atoms with Crippen LogP contribution in [0, 0.1) is 6.92 Å². The van der Waals surface area contributed by atoms with Crippen LogP contribution < -0.4 is 11.1 Å². The first kappa shape index (κ1) is 19.9. The molecule has 21 heavy (non-hydrogen) atoms. The van der Waals surface area contributed by atoms with Crippen molar-refractivity contribution in [3.8, 4) is 11.3 Å². The number of aromatic amines is 1. The summed E-state index contributed by atoms with van der Waals surface area (Å²) in [5.74, 6) is -0.112. The Balaban J connectivity index is 0.00000200. The predicted octanol–water partition coefficient (Wildman–Crippen LogP) is 2.76. The number of carbonyl (C=O) groups is 1. The minimum absolute atomic E-state index is 0. The van der Waals surface area contributed by atoms with Crippen LogP contribution in [0.5, 0.6) is 0 Å². The molecule has 1 atom stereocenters. The number of rotatable bonds is 5. The number of carbonyl (C=O) groups excluding carboxylic acids is 1. The Hall–Kier alpha value is -1.08. The SMILES string of the molecule is Cc1nc(-c2c[nH]c(C(=O)NCCC(C)N)c2)cs1.Cl.Cl. The highest BCUT2D eigenvalue weighted by Gasteiger charge is 2.10. The monoisotopic (exact) mass is 350 g/mol. The summed E-state index contributed by atoms with van der Waals surface area (Å²) in [5.41, 5.74) is 8.01. The van der Waals surface area contributed by atoms with E-state index in [9.17, 15) is 4.79 Å². The van der Waals surface area contributed by atoms with E-state index in [0.29, 0.717) is 12.2 Å². The zero-order valence-corrected chi connectivity index (χ0v) is 14.3. The lowest BCUT2D eigenvalue weighted by Crippen LogP contribution is -2.29. The standard InChI is InChI=1S/C13H18N4OS.2ClH/c1-8(14)3-4-15-13(18)11-5-10(6-16-11)12-7-19-9(2)17-12;;/h5-8,16H,3-4,14H2,1-2H3,(H,15,18);2*1H. The van der Waals surface area contributed by atoms with Crippen LogP contribution in [0.4, 0.5) is 0 Å². The molecule has 0 saturated heterocycles. The zero-order valence-electron chi connectivity index (χ0n) is 11.9. The van der Waals surface area contributed by atoms with E-state index < -0.39 is 0 Å². The lowest BCUT2D eigenvalue weighted by molar-refractivity contribution is 0.0948. The van der Waals surface area contributed by atoms with Crippen molar-refractivity contribution in [3.63, 3.8) is 0 Å². The van der Waals surface area contributed by atoms with E-state index in [2.05, 4.69) is 15.3 Å². The van der Waals surface area contributed by atoms with E-state index in [1.807, 2.05) is 25.3 Å². The third-order valence-corrected chi connectivity index (χ3v) is 3.50. The summed E-state index contributed by atoms with van der Waals surface area (Å²) in [7, 11) is 0. The topological polar surface area (TPSA) is 83.8 Å².